The summed E-state index contributed by atoms with van der Waals surface area (Å²) in [6, 6.07) is 0. The summed E-state index contributed by atoms with van der Waals surface area (Å²) in [7, 11) is 1.86. The first kappa shape index (κ1) is 8.04. The highest BCUT2D eigenvalue weighted by molar-refractivity contribution is 5.49. The fourth-order valence-corrected chi connectivity index (χ4v) is 1.39. The second-order valence-electron chi connectivity index (χ2n) is 3.07. The van der Waals surface area contributed by atoms with Crippen molar-refractivity contribution in [1.82, 2.24) is 14.4 Å². The minimum absolute atomic E-state index is 0.863. The summed E-state index contributed by atoms with van der Waals surface area (Å²) in [6.45, 7) is 3.94. The molecule has 13 heavy (non-hydrogen) atoms. The normalized spacial score (nSPS) is 10.7. The summed E-state index contributed by atoms with van der Waals surface area (Å²) in [5.74, 6) is 0.863. The number of fused-ring (bicyclic) bond motifs is 1. The molecule has 0 aliphatic rings. The van der Waals surface area contributed by atoms with Gasteiger partial charge in [0.1, 0.15) is 5.82 Å². The van der Waals surface area contributed by atoms with Crippen LogP contribution < -0.4 is 5.32 Å². The van der Waals surface area contributed by atoms with Gasteiger partial charge in [0.05, 0.1) is 17.6 Å². The minimum atomic E-state index is 0.863. The molecule has 2 aromatic rings. The van der Waals surface area contributed by atoms with Crippen molar-refractivity contribution in [2.45, 2.75) is 13.8 Å². The van der Waals surface area contributed by atoms with Gasteiger partial charge in [-0.25, -0.2) is 9.97 Å². The highest BCUT2D eigenvalue weighted by Crippen LogP contribution is 2.11. The first-order valence-corrected chi connectivity index (χ1v) is 4.21. The number of hydrogen-bond donors (Lipinski definition) is 1. The third kappa shape index (κ3) is 1.24. The molecule has 1 N–H and O–H groups in total. The van der Waals surface area contributed by atoms with Crippen LogP contribution in [-0.2, 0) is 0 Å². The average Bonchev–Trinajstić information content (AvgIpc) is 2.46. The number of aryl methyl sites for hydroxylation is 2. The van der Waals surface area contributed by atoms with Crippen molar-refractivity contribution in [2.75, 3.05) is 12.4 Å². The van der Waals surface area contributed by atoms with E-state index in [1.54, 1.807) is 0 Å². The van der Waals surface area contributed by atoms with Gasteiger partial charge in [-0.3, -0.25) is 0 Å². The van der Waals surface area contributed by atoms with Crippen LogP contribution in [0.25, 0.3) is 5.65 Å². The molecule has 2 rings (SSSR count). The molecule has 0 atom stereocenters. The molecule has 0 saturated carbocycles. The van der Waals surface area contributed by atoms with Gasteiger partial charge in [-0.2, -0.15) is 0 Å². The maximum atomic E-state index is 4.36. The molecule has 68 valence electrons. The lowest BCUT2D eigenvalue weighted by molar-refractivity contribution is 1.08. The lowest BCUT2D eigenvalue weighted by atomic mass is 10.4. The van der Waals surface area contributed by atoms with Crippen molar-refractivity contribution < 1.29 is 0 Å². The Bertz CT molecular complexity index is 444. The number of aromatic nitrogens is 3. The Morgan fingerprint density at radius 3 is 2.69 bits per heavy atom. The Morgan fingerprint density at radius 1 is 1.23 bits per heavy atom. The lowest BCUT2D eigenvalue weighted by Gasteiger charge is -2.02. The Hall–Kier alpha value is -1.58. The van der Waals surface area contributed by atoms with E-state index in [0.29, 0.717) is 0 Å². The summed E-state index contributed by atoms with van der Waals surface area (Å²) in [6.07, 6.45) is 3.92. The van der Waals surface area contributed by atoms with E-state index in [2.05, 4.69) is 15.3 Å². The molecule has 2 aromatic heterocycles. The summed E-state index contributed by atoms with van der Waals surface area (Å²) >= 11 is 0. The average molecular weight is 176 g/mol. The van der Waals surface area contributed by atoms with Gasteiger partial charge in [0, 0.05) is 13.2 Å². The SMILES string of the molecule is CNc1cn2cc(C)nc2c(C)n1. The molecular formula is C9H12N4. The van der Waals surface area contributed by atoms with Gasteiger partial charge in [-0.1, -0.05) is 0 Å². The quantitative estimate of drug-likeness (QED) is 0.714. The first-order chi connectivity index (χ1) is 6.20. The first-order valence-electron chi connectivity index (χ1n) is 4.21. The molecule has 0 aliphatic heterocycles. The second kappa shape index (κ2) is 2.73. The molecule has 0 saturated heterocycles. The number of hydrogen-bond acceptors (Lipinski definition) is 3. The highest BCUT2D eigenvalue weighted by Gasteiger charge is 2.03. The number of imidazole rings is 1. The van der Waals surface area contributed by atoms with E-state index in [0.717, 1.165) is 22.9 Å². The standard InChI is InChI=1S/C9H12N4/c1-6-4-13-5-8(10-3)12-7(2)9(13)11-6/h4-5,10H,1-3H3. The van der Waals surface area contributed by atoms with Crippen molar-refractivity contribution in [3.05, 3.63) is 23.8 Å². The molecule has 0 amide bonds. The van der Waals surface area contributed by atoms with Gasteiger partial charge in [-0.15, -0.1) is 0 Å². The molecular weight excluding hydrogens is 164 g/mol. The fourth-order valence-electron chi connectivity index (χ4n) is 1.39. The van der Waals surface area contributed by atoms with Gasteiger partial charge in [0.15, 0.2) is 5.65 Å². The van der Waals surface area contributed by atoms with Crippen LogP contribution in [0, 0.1) is 13.8 Å². The highest BCUT2D eigenvalue weighted by atomic mass is 15.1. The smallest absolute Gasteiger partial charge is 0.158 e. The van der Waals surface area contributed by atoms with Crippen molar-refractivity contribution in [1.29, 1.82) is 0 Å². The summed E-state index contributed by atoms with van der Waals surface area (Å²) < 4.78 is 1.99. The third-order valence-corrected chi connectivity index (χ3v) is 1.98. The van der Waals surface area contributed by atoms with Crippen molar-refractivity contribution in [3.8, 4) is 0 Å². The molecule has 4 nitrogen and oxygen atoms in total. The largest absolute Gasteiger partial charge is 0.372 e. The van der Waals surface area contributed by atoms with Crippen LogP contribution in [0.4, 0.5) is 5.82 Å². The molecule has 0 unspecified atom stereocenters. The predicted molar refractivity (Wildman–Crippen MR) is 52.0 cm³/mol. The Kier molecular flexibility index (Phi) is 1.69. The molecule has 0 aromatic carbocycles. The van der Waals surface area contributed by atoms with Crippen molar-refractivity contribution in [2.24, 2.45) is 0 Å². The van der Waals surface area contributed by atoms with Gasteiger partial charge in [0.25, 0.3) is 0 Å². The van der Waals surface area contributed by atoms with Crippen LogP contribution in [-0.4, -0.2) is 21.4 Å². The zero-order valence-corrected chi connectivity index (χ0v) is 8.00. The second-order valence-corrected chi connectivity index (χ2v) is 3.07. The van der Waals surface area contributed by atoms with Crippen LogP contribution in [0.1, 0.15) is 11.4 Å². The van der Waals surface area contributed by atoms with E-state index in [1.807, 2.05) is 37.7 Å². The molecule has 0 fully saturated rings. The minimum Gasteiger partial charge on any atom is -0.372 e. The maximum absolute atomic E-state index is 4.36. The number of rotatable bonds is 1. The van der Waals surface area contributed by atoms with Crippen LogP contribution in [0.15, 0.2) is 12.4 Å². The summed E-state index contributed by atoms with van der Waals surface area (Å²) in [5.41, 5.74) is 2.88. The van der Waals surface area contributed by atoms with Gasteiger partial charge in [0.2, 0.25) is 0 Å². The molecule has 4 heteroatoms. The molecule has 2 heterocycles. The van der Waals surface area contributed by atoms with E-state index in [4.69, 9.17) is 0 Å². The van der Waals surface area contributed by atoms with Crippen LogP contribution in [0.5, 0.6) is 0 Å². The van der Waals surface area contributed by atoms with Crippen LogP contribution >= 0.6 is 0 Å². The van der Waals surface area contributed by atoms with E-state index in [9.17, 15) is 0 Å². The fraction of sp³-hybridized carbons (Fsp3) is 0.333. The molecule has 0 spiro atoms. The van der Waals surface area contributed by atoms with Gasteiger partial charge < -0.3 is 9.72 Å². The Morgan fingerprint density at radius 2 is 2.00 bits per heavy atom. The third-order valence-electron chi connectivity index (χ3n) is 1.98. The van der Waals surface area contributed by atoms with E-state index in [-0.39, 0.29) is 0 Å². The van der Waals surface area contributed by atoms with Crippen LogP contribution in [0.2, 0.25) is 0 Å². The zero-order chi connectivity index (χ0) is 9.42. The summed E-state index contributed by atoms with van der Waals surface area (Å²) in [4.78, 5) is 8.70. The van der Waals surface area contributed by atoms with Gasteiger partial charge in [-0.05, 0) is 13.8 Å². The van der Waals surface area contributed by atoms with Crippen molar-refractivity contribution in [3.63, 3.8) is 0 Å². The summed E-state index contributed by atoms with van der Waals surface area (Å²) in [5, 5.41) is 3.01. The Balaban J connectivity index is 2.75. The number of nitrogens with one attached hydrogen (secondary N) is 1. The molecule has 0 bridgehead atoms. The number of anilines is 1. The Labute approximate surface area is 76.6 Å². The predicted octanol–water partition coefficient (Wildman–Crippen LogP) is 1.39. The van der Waals surface area contributed by atoms with E-state index in [1.165, 1.54) is 0 Å². The van der Waals surface area contributed by atoms with Crippen LogP contribution in [0.3, 0.4) is 0 Å². The molecule has 0 radical (unpaired) electrons. The number of nitrogens with zero attached hydrogens (tertiary/aromatic N) is 3. The van der Waals surface area contributed by atoms with Gasteiger partial charge >= 0.3 is 0 Å². The monoisotopic (exact) mass is 176 g/mol. The topological polar surface area (TPSA) is 42.2 Å². The van der Waals surface area contributed by atoms with Crippen molar-refractivity contribution >= 4 is 11.5 Å². The maximum Gasteiger partial charge on any atom is 0.158 e. The van der Waals surface area contributed by atoms with E-state index >= 15 is 0 Å². The zero-order valence-electron chi connectivity index (χ0n) is 8.00. The lowest BCUT2D eigenvalue weighted by Crippen LogP contribution is -1.98. The van der Waals surface area contributed by atoms with E-state index < -0.39 is 0 Å². The molecule has 0 aliphatic carbocycles.